The summed E-state index contributed by atoms with van der Waals surface area (Å²) in [6.07, 6.45) is 0.965. The molecule has 2 aromatic carbocycles. The lowest BCUT2D eigenvalue weighted by Gasteiger charge is -2.32. The Labute approximate surface area is 155 Å². The predicted molar refractivity (Wildman–Crippen MR) is 102 cm³/mol. The number of rotatable bonds is 3. The van der Waals surface area contributed by atoms with Crippen LogP contribution in [0.4, 0.5) is 5.69 Å². The summed E-state index contributed by atoms with van der Waals surface area (Å²) in [4.78, 5) is 15.4. The van der Waals surface area contributed by atoms with E-state index in [0.29, 0.717) is 11.3 Å². The first kappa shape index (κ1) is 16.9. The Kier molecular flexibility index (Phi) is 4.34. The van der Waals surface area contributed by atoms with Crippen LogP contribution in [0.3, 0.4) is 0 Å². The lowest BCUT2D eigenvalue weighted by molar-refractivity contribution is -0.413. The molecule has 0 saturated carbocycles. The van der Waals surface area contributed by atoms with Crippen molar-refractivity contribution in [1.29, 1.82) is 0 Å². The molecule has 0 spiro atoms. The fourth-order valence-electron chi connectivity index (χ4n) is 3.48. The summed E-state index contributed by atoms with van der Waals surface area (Å²) >= 11 is 1.66. The first-order valence-electron chi connectivity index (χ1n) is 8.44. The van der Waals surface area contributed by atoms with Crippen molar-refractivity contribution in [2.24, 2.45) is 4.99 Å². The zero-order chi connectivity index (χ0) is 18.1. The molecule has 2 aliphatic heterocycles. The number of aliphatic hydroxyl groups is 1. The number of amidine groups is 1. The Morgan fingerprint density at radius 1 is 1.19 bits per heavy atom. The summed E-state index contributed by atoms with van der Waals surface area (Å²) in [6.45, 7) is 0.937. The van der Waals surface area contributed by atoms with E-state index in [2.05, 4.69) is 4.99 Å². The van der Waals surface area contributed by atoms with Crippen molar-refractivity contribution < 1.29 is 14.6 Å². The van der Waals surface area contributed by atoms with E-state index in [0.717, 1.165) is 29.4 Å². The first-order chi connectivity index (χ1) is 12.6. The quantitative estimate of drug-likeness (QED) is 0.513. The summed E-state index contributed by atoms with van der Waals surface area (Å²) in [5.41, 5.74) is 0.752. The zero-order valence-corrected chi connectivity index (χ0v) is 14.9. The predicted octanol–water partition coefficient (Wildman–Crippen LogP) is 2.79. The van der Waals surface area contributed by atoms with Gasteiger partial charge in [-0.15, -0.1) is 0 Å². The zero-order valence-electron chi connectivity index (χ0n) is 14.0. The average Bonchev–Trinajstić information content (AvgIpc) is 2.68. The van der Waals surface area contributed by atoms with E-state index in [1.54, 1.807) is 17.8 Å². The molecule has 26 heavy (non-hydrogen) atoms. The van der Waals surface area contributed by atoms with Gasteiger partial charge in [0.15, 0.2) is 17.9 Å². The van der Waals surface area contributed by atoms with E-state index in [-0.39, 0.29) is 12.2 Å². The lowest BCUT2D eigenvalue weighted by Crippen LogP contribution is -2.50. The van der Waals surface area contributed by atoms with E-state index in [4.69, 9.17) is 0 Å². The minimum absolute atomic E-state index is 0.0131. The Morgan fingerprint density at radius 3 is 2.77 bits per heavy atom. The molecule has 1 atom stereocenters. The van der Waals surface area contributed by atoms with E-state index >= 15 is 0 Å². The Balaban J connectivity index is 1.95. The Bertz CT molecular complexity index is 927. The van der Waals surface area contributed by atoms with Crippen LogP contribution in [0.15, 0.2) is 59.6 Å². The van der Waals surface area contributed by atoms with E-state index < -0.39 is 10.5 Å². The maximum absolute atomic E-state index is 11.7. The minimum atomic E-state index is -1.32. The smallest absolute Gasteiger partial charge is 0.354 e. The van der Waals surface area contributed by atoms with Gasteiger partial charge >= 0.3 is 5.17 Å². The average molecular weight is 368 g/mol. The molecule has 0 radical (unpaired) electrons. The van der Waals surface area contributed by atoms with Gasteiger partial charge < -0.3 is 5.11 Å². The third-order valence-electron chi connectivity index (χ3n) is 4.67. The maximum Gasteiger partial charge on any atom is 0.354 e. The van der Waals surface area contributed by atoms with E-state index in [1.165, 1.54) is 12.1 Å². The van der Waals surface area contributed by atoms with Gasteiger partial charge in [0.05, 0.1) is 11.5 Å². The fourth-order valence-corrected chi connectivity index (χ4v) is 4.43. The molecule has 7 heteroatoms. The van der Waals surface area contributed by atoms with Crippen molar-refractivity contribution in [2.45, 2.75) is 12.0 Å². The highest BCUT2D eigenvalue weighted by atomic mass is 32.2. The van der Waals surface area contributed by atoms with Crippen LogP contribution in [-0.2, 0) is 5.60 Å². The second kappa shape index (κ2) is 6.66. The number of non-ortho nitro benzene ring substituents is 1. The molecular formula is C19H18N3O3S+. The highest BCUT2D eigenvalue weighted by Crippen LogP contribution is 2.33. The largest absolute Gasteiger partial charge is 0.373 e. The van der Waals surface area contributed by atoms with Crippen LogP contribution in [-0.4, -0.2) is 44.3 Å². The van der Waals surface area contributed by atoms with Crippen LogP contribution in [0.2, 0.25) is 0 Å². The molecule has 0 aromatic heterocycles. The molecule has 0 unspecified atom stereocenters. The maximum atomic E-state index is 11.7. The topological polar surface area (TPSA) is 78.7 Å². The SMILES string of the molecule is O=[N+]([O-])c1cccc(C2=[N+]3CCCSC3=NC[C@@]2(O)c2ccccc2)c1. The highest BCUT2D eigenvalue weighted by Gasteiger charge is 2.47. The van der Waals surface area contributed by atoms with Crippen LogP contribution in [0, 0.1) is 10.1 Å². The van der Waals surface area contributed by atoms with Gasteiger partial charge in [-0.25, -0.2) is 4.58 Å². The van der Waals surface area contributed by atoms with Gasteiger partial charge in [-0.3, -0.25) is 10.1 Å². The van der Waals surface area contributed by atoms with E-state index in [9.17, 15) is 15.2 Å². The van der Waals surface area contributed by atoms with E-state index in [1.807, 2.05) is 41.0 Å². The molecule has 132 valence electrons. The standard InChI is InChI=1S/C19H18N3O3S/c23-19(15-7-2-1-3-8-15)13-20-18-21(10-5-11-26-18)17(19)14-6-4-9-16(12-14)22(24)25/h1-4,6-9,12,23H,5,10-11,13H2/q+1/t19-/m1/s1. The third-order valence-corrected chi connectivity index (χ3v) is 5.78. The van der Waals surface area contributed by atoms with Gasteiger partial charge in [0.1, 0.15) is 0 Å². The van der Waals surface area contributed by atoms with Gasteiger partial charge in [0, 0.05) is 23.4 Å². The molecule has 4 rings (SSSR count). The Hall–Kier alpha value is -2.51. The molecule has 1 N–H and O–H groups in total. The van der Waals surface area contributed by atoms with Crippen molar-refractivity contribution in [3.8, 4) is 0 Å². The van der Waals surface area contributed by atoms with Crippen molar-refractivity contribution in [2.75, 3.05) is 18.8 Å². The summed E-state index contributed by atoms with van der Waals surface area (Å²) in [6, 6.07) is 15.9. The van der Waals surface area contributed by atoms with Crippen LogP contribution >= 0.6 is 11.8 Å². The lowest BCUT2D eigenvalue weighted by atomic mass is 9.84. The fraction of sp³-hybridized carbons (Fsp3) is 0.263. The number of nitro groups is 1. The van der Waals surface area contributed by atoms with Gasteiger partial charge in [0.25, 0.3) is 5.69 Å². The molecule has 2 aliphatic rings. The number of hydrogen-bond acceptors (Lipinski definition) is 5. The molecule has 0 bridgehead atoms. The summed E-state index contributed by atoms with van der Waals surface area (Å²) < 4.78 is 2.02. The van der Waals surface area contributed by atoms with Crippen LogP contribution in [0.25, 0.3) is 0 Å². The molecule has 0 aliphatic carbocycles. The second-order valence-corrected chi connectivity index (χ2v) is 7.40. The number of aliphatic imine (C=N–C) groups is 1. The number of fused-ring (bicyclic) bond motifs is 1. The van der Waals surface area contributed by atoms with Crippen LogP contribution in [0.1, 0.15) is 17.5 Å². The van der Waals surface area contributed by atoms with Crippen LogP contribution < -0.4 is 0 Å². The van der Waals surface area contributed by atoms with Crippen molar-refractivity contribution in [3.05, 3.63) is 75.8 Å². The molecule has 1 saturated heterocycles. The molecule has 1 fully saturated rings. The highest BCUT2D eigenvalue weighted by molar-refractivity contribution is 8.13. The van der Waals surface area contributed by atoms with Gasteiger partial charge in [-0.1, -0.05) is 47.5 Å². The van der Waals surface area contributed by atoms with Crippen molar-refractivity contribution >= 4 is 28.3 Å². The van der Waals surface area contributed by atoms with Crippen molar-refractivity contribution in [3.63, 3.8) is 0 Å². The summed E-state index contributed by atoms with van der Waals surface area (Å²) in [7, 11) is 0. The number of nitrogens with zero attached hydrogens (tertiary/aromatic N) is 3. The number of hydrogen-bond donors (Lipinski definition) is 1. The van der Waals surface area contributed by atoms with Gasteiger partial charge in [-0.05, 0) is 23.7 Å². The molecule has 2 heterocycles. The normalized spacial score (nSPS) is 22.6. The summed E-state index contributed by atoms with van der Waals surface area (Å²) in [5.74, 6) is 0.987. The third kappa shape index (κ3) is 2.83. The molecule has 0 amide bonds. The van der Waals surface area contributed by atoms with Gasteiger partial charge in [-0.2, -0.15) is 0 Å². The monoisotopic (exact) mass is 368 g/mol. The Morgan fingerprint density at radius 2 is 2.00 bits per heavy atom. The van der Waals surface area contributed by atoms with Crippen LogP contribution in [0.5, 0.6) is 0 Å². The number of thioether (sulfide) groups is 1. The molecule has 6 nitrogen and oxygen atoms in total. The number of nitro benzene ring substituents is 1. The number of benzene rings is 2. The second-order valence-electron chi connectivity index (χ2n) is 6.33. The molecule has 2 aromatic rings. The van der Waals surface area contributed by atoms with Gasteiger partial charge in [0.2, 0.25) is 0 Å². The van der Waals surface area contributed by atoms with Crippen molar-refractivity contribution in [1.82, 2.24) is 0 Å². The molecular weight excluding hydrogens is 350 g/mol. The minimum Gasteiger partial charge on any atom is -0.373 e. The summed E-state index contributed by atoms with van der Waals surface area (Å²) in [5, 5.41) is 23.8. The first-order valence-corrected chi connectivity index (χ1v) is 9.43.